The highest BCUT2D eigenvalue weighted by Crippen LogP contribution is 2.23. The minimum Gasteiger partial charge on any atom is -0.506 e. The Bertz CT molecular complexity index is 970. The van der Waals surface area contributed by atoms with Gasteiger partial charge in [-0.1, -0.05) is 17.7 Å². The van der Waals surface area contributed by atoms with Gasteiger partial charge in [-0.2, -0.15) is 0 Å². The maximum atomic E-state index is 14.6. The van der Waals surface area contributed by atoms with Crippen molar-refractivity contribution in [2.24, 2.45) is 4.99 Å². The van der Waals surface area contributed by atoms with Crippen LogP contribution in [-0.2, 0) is 20.8 Å². The average molecular weight is 447 g/mol. The Hall–Kier alpha value is -2.74. The Morgan fingerprint density at radius 2 is 1.97 bits per heavy atom. The van der Waals surface area contributed by atoms with Gasteiger partial charge in [0.05, 0.1) is 31.1 Å². The molecule has 3 rings (SSSR count). The third-order valence-corrected chi connectivity index (χ3v) is 4.97. The molecule has 1 saturated heterocycles. The summed E-state index contributed by atoms with van der Waals surface area (Å²) in [6.07, 6.45) is 1.17. The van der Waals surface area contributed by atoms with E-state index in [1.807, 2.05) is 0 Å². The molecule has 0 amide bonds. The Kier molecular flexibility index (Phi) is 8.17. The van der Waals surface area contributed by atoms with Crippen molar-refractivity contribution in [3.05, 3.63) is 70.0 Å². The van der Waals surface area contributed by atoms with E-state index in [0.29, 0.717) is 30.5 Å². The molecule has 0 radical (unpaired) electrons. The number of morpholine rings is 1. The van der Waals surface area contributed by atoms with E-state index in [2.05, 4.69) is 9.89 Å². The van der Waals surface area contributed by atoms with Crippen molar-refractivity contribution in [2.75, 3.05) is 32.9 Å². The predicted octanol–water partition coefficient (Wildman–Crippen LogP) is 4.55. The standard InChI is InChI=1S/C23H24ClFN2O4/c1-2-31-23(29)20(14-26-18-6-4-17(24)5-7-18)22(28)19-13-16(3-8-21(19)25)15-27-9-11-30-12-10-27/h3-8,13-14,28H,2,9-12,15H2,1H3/b22-20+,26-14?. The maximum Gasteiger partial charge on any atom is 0.343 e. The first-order valence-corrected chi connectivity index (χ1v) is 10.3. The molecule has 0 unspecified atom stereocenters. The zero-order valence-corrected chi connectivity index (χ0v) is 17.9. The first kappa shape index (κ1) is 22.9. The summed E-state index contributed by atoms with van der Waals surface area (Å²) >= 11 is 5.87. The second-order valence-electron chi connectivity index (χ2n) is 6.92. The summed E-state index contributed by atoms with van der Waals surface area (Å²) in [6, 6.07) is 11.1. The molecule has 1 N–H and O–H groups in total. The van der Waals surface area contributed by atoms with Crippen molar-refractivity contribution < 1.29 is 23.8 Å². The molecule has 164 valence electrons. The highest BCUT2D eigenvalue weighted by Gasteiger charge is 2.20. The summed E-state index contributed by atoms with van der Waals surface area (Å²) in [5.41, 5.74) is 0.999. The van der Waals surface area contributed by atoms with Gasteiger partial charge >= 0.3 is 5.97 Å². The Balaban J connectivity index is 1.94. The number of carbonyl (C=O) groups is 1. The van der Waals surface area contributed by atoms with E-state index in [1.165, 1.54) is 18.3 Å². The van der Waals surface area contributed by atoms with Gasteiger partial charge < -0.3 is 14.6 Å². The number of halogens is 2. The van der Waals surface area contributed by atoms with Gasteiger partial charge in [-0.15, -0.1) is 0 Å². The smallest absolute Gasteiger partial charge is 0.343 e. The highest BCUT2D eigenvalue weighted by atomic mass is 35.5. The second kappa shape index (κ2) is 11.0. The molecule has 1 fully saturated rings. The maximum absolute atomic E-state index is 14.6. The van der Waals surface area contributed by atoms with Gasteiger partial charge in [0, 0.05) is 30.9 Å². The molecule has 2 aromatic rings. The number of nitrogens with zero attached hydrogens (tertiary/aromatic N) is 2. The molecule has 1 heterocycles. The number of esters is 1. The third kappa shape index (κ3) is 6.37. The zero-order chi connectivity index (χ0) is 22.2. The van der Waals surface area contributed by atoms with Crippen molar-refractivity contribution >= 4 is 35.2 Å². The number of aliphatic hydroxyl groups is 1. The number of ether oxygens (including phenoxy) is 2. The first-order chi connectivity index (χ1) is 15.0. The molecule has 0 atom stereocenters. The summed E-state index contributed by atoms with van der Waals surface area (Å²) in [4.78, 5) is 18.8. The fraction of sp³-hybridized carbons (Fsp3) is 0.304. The molecule has 1 aliphatic rings. The largest absolute Gasteiger partial charge is 0.506 e. The molecular formula is C23H24ClFN2O4. The van der Waals surface area contributed by atoms with Crippen molar-refractivity contribution in [3.8, 4) is 0 Å². The topological polar surface area (TPSA) is 71.4 Å². The van der Waals surface area contributed by atoms with E-state index >= 15 is 0 Å². The van der Waals surface area contributed by atoms with Crippen molar-refractivity contribution in [1.29, 1.82) is 0 Å². The minimum absolute atomic E-state index is 0.0867. The van der Waals surface area contributed by atoms with Gasteiger partial charge in [0.2, 0.25) is 0 Å². The lowest BCUT2D eigenvalue weighted by Crippen LogP contribution is -2.35. The SMILES string of the molecule is CCOC(=O)/C(C=Nc1ccc(Cl)cc1)=C(/O)c1cc(CN2CCOCC2)ccc1F. The number of hydrogen-bond acceptors (Lipinski definition) is 6. The molecule has 0 aliphatic carbocycles. The fourth-order valence-electron chi connectivity index (χ4n) is 3.10. The lowest BCUT2D eigenvalue weighted by molar-refractivity contribution is -0.137. The van der Waals surface area contributed by atoms with E-state index in [-0.39, 0.29) is 17.7 Å². The van der Waals surface area contributed by atoms with Crippen LogP contribution in [0.25, 0.3) is 5.76 Å². The van der Waals surface area contributed by atoms with Crippen LogP contribution in [0.1, 0.15) is 18.1 Å². The predicted molar refractivity (Wildman–Crippen MR) is 118 cm³/mol. The summed E-state index contributed by atoms with van der Waals surface area (Å²) in [5.74, 6) is -1.97. The number of benzene rings is 2. The van der Waals surface area contributed by atoms with E-state index in [9.17, 15) is 14.3 Å². The highest BCUT2D eigenvalue weighted by molar-refractivity contribution is 6.30. The molecule has 6 nitrogen and oxygen atoms in total. The van der Waals surface area contributed by atoms with E-state index in [1.54, 1.807) is 37.3 Å². The molecule has 8 heteroatoms. The van der Waals surface area contributed by atoms with Gasteiger partial charge in [0.1, 0.15) is 17.1 Å². The van der Waals surface area contributed by atoms with E-state index in [4.69, 9.17) is 21.1 Å². The van der Waals surface area contributed by atoms with Crippen LogP contribution in [0.15, 0.2) is 53.0 Å². The number of aliphatic hydroxyl groups excluding tert-OH is 1. The molecule has 0 aromatic heterocycles. The van der Waals surface area contributed by atoms with Crippen LogP contribution in [-0.4, -0.2) is 55.1 Å². The Morgan fingerprint density at radius 1 is 1.26 bits per heavy atom. The van der Waals surface area contributed by atoms with Crippen LogP contribution in [0, 0.1) is 5.82 Å². The lowest BCUT2D eigenvalue weighted by atomic mass is 10.0. The molecule has 0 spiro atoms. The number of aliphatic imine (C=N–C) groups is 1. The lowest BCUT2D eigenvalue weighted by Gasteiger charge is -2.26. The first-order valence-electron chi connectivity index (χ1n) is 9.97. The summed E-state index contributed by atoms with van der Waals surface area (Å²) in [7, 11) is 0. The molecule has 0 saturated carbocycles. The fourth-order valence-corrected chi connectivity index (χ4v) is 3.23. The van der Waals surface area contributed by atoms with Crippen LogP contribution in [0.4, 0.5) is 10.1 Å². The molecule has 0 bridgehead atoms. The zero-order valence-electron chi connectivity index (χ0n) is 17.2. The minimum atomic E-state index is -0.796. The number of hydrogen-bond donors (Lipinski definition) is 1. The monoisotopic (exact) mass is 446 g/mol. The van der Waals surface area contributed by atoms with Crippen LogP contribution in [0.5, 0.6) is 0 Å². The van der Waals surface area contributed by atoms with Crippen LogP contribution < -0.4 is 0 Å². The van der Waals surface area contributed by atoms with Gasteiger partial charge in [-0.05, 0) is 48.9 Å². The number of carbonyl (C=O) groups excluding carboxylic acids is 1. The van der Waals surface area contributed by atoms with Gasteiger partial charge in [0.25, 0.3) is 0 Å². The van der Waals surface area contributed by atoms with Gasteiger partial charge in [-0.25, -0.2) is 9.18 Å². The van der Waals surface area contributed by atoms with E-state index in [0.717, 1.165) is 18.7 Å². The molecular weight excluding hydrogens is 423 g/mol. The quantitative estimate of drug-likeness (QED) is 0.292. The Labute approximate surface area is 185 Å². The molecule has 2 aromatic carbocycles. The summed E-state index contributed by atoms with van der Waals surface area (Å²) < 4.78 is 25.0. The summed E-state index contributed by atoms with van der Waals surface area (Å²) in [6.45, 7) is 5.17. The third-order valence-electron chi connectivity index (χ3n) is 4.72. The van der Waals surface area contributed by atoms with Gasteiger partial charge in [0.15, 0.2) is 0 Å². The van der Waals surface area contributed by atoms with Gasteiger partial charge in [-0.3, -0.25) is 9.89 Å². The van der Waals surface area contributed by atoms with Crippen molar-refractivity contribution in [2.45, 2.75) is 13.5 Å². The van der Waals surface area contributed by atoms with Crippen molar-refractivity contribution in [1.82, 2.24) is 4.90 Å². The number of rotatable bonds is 7. The van der Waals surface area contributed by atoms with Crippen LogP contribution in [0.3, 0.4) is 0 Å². The van der Waals surface area contributed by atoms with Crippen LogP contribution >= 0.6 is 11.6 Å². The van der Waals surface area contributed by atoms with E-state index < -0.39 is 17.5 Å². The van der Waals surface area contributed by atoms with Crippen LogP contribution in [0.2, 0.25) is 5.02 Å². The van der Waals surface area contributed by atoms with Crippen molar-refractivity contribution in [3.63, 3.8) is 0 Å². The Morgan fingerprint density at radius 3 is 2.65 bits per heavy atom. The second-order valence-corrected chi connectivity index (χ2v) is 7.36. The summed E-state index contributed by atoms with van der Waals surface area (Å²) in [5, 5.41) is 11.3. The molecule has 1 aliphatic heterocycles. The molecule has 31 heavy (non-hydrogen) atoms. The average Bonchev–Trinajstić information content (AvgIpc) is 2.77. The normalized spacial score (nSPS) is 15.7.